The summed E-state index contributed by atoms with van der Waals surface area (Å²) in [6, 6.07) is 2.23. The molecule has 0 N–H and O–H groups in total. The van der Waals surface area contributed by atoms with E-state index >= 15 is 0 Å². The van der Waals surface area contributed by atoms with Gasteiger partial charge in [-0.25, -0.2) is 0 Å². The standard InChI is InChI=1S/C10H14N2O/c1-2-10(13)12-8-4-3-5-9(12)6-7-11/h2,9H,1,3-6,8H2. The van der Waals surface area contributed by atoms with Crippen molar-refractivity contribution in [2.75, 3.05) is 6.54 Å². The molecule has 1 heterocycles. The van der Waals surface area contributed by atoms with Gasteiger partial charge in [-0.15, -0.1) is 0 Å². The molecule has 1 amide bonds. The van der Waals surface area contributed by atoms with Gasteiger partial charge in [-0.3, -0.25) is 4.79 Å². The third kappa shape index (κ3) is 2.32. The summed E-state index contributed by atoms with van der Waals surface area (Å²) in [5.74, 6) is -0.0417. The fourth-order valence-electron chi connectivity index (χ4n) is 1.73. The first kappa shape index (κ1) is 9.79. The van der Waals surface area contributed by atoms with Crippen molar-refractivity contribution in [1.82, 2.24) is 4.90 Å². The lowest BCUT2D eigenvalue weighted by atomic mass is 10.00. The van der Waals surface area contributed by atoms with Gasteiger partial charge in [0.15, 0.2) is 0 Å². The van der Waals surface area contributed by atoms with E-state index in [0.717, 1.165) is 25.8 Å². The van der Waals surface area contributed by atoms with Gasteiger partial charge in [-0.05, 0) is 25.3 Å². The molecule has 3 heteroatoms. The number of likely N-dealkylation sites (tertiary alicyclic amines) is 1. The molecular weight excluding hydrogens is 164 g/mol. The van der Waals surface area contributed by atoms with Crippen LogP contribution in [0.5, 0.6) is 0 Å². The monoisotopic (exact) mass is 178 g/mol. The van der Waals surface area contributed by atoms with Crippen LogP contribution in [0.25, 0.3) is 0 Å². The van der Waals surface area contributed by atoms with E-state index in [1.807, 2.05) is 0 Å². The van der Waals surface area contributed by atoms with E-state index in [1.54, 1.807) is 4.90 Å². The molecule has 0 aromatic carbocycles. The fraction of sp³-hybridized carbons (Fsp3) is 0.600. The summed E-state index contributed by atoms with van der Waals surface area (Å²) in [5.41, 5.74) is 0. The molecule has 1 saturated heterocycles. The molecule has 1 unspecified atom stereocenters. The van der Waals surface area contributed by atoms with E-state index in [-0.39, 0.29) is 11.9 Å². The minimum absolute atomic E-state index is 0.0417. The van der Waals surface area contributed by atoms with Crippen molar-refractivity contribution in [2.45, 2.75) is 31.7 Å². The van der Waals surface area contributed by atoms with Gasteiger partial charge >= 0.3 is 0 Å². The highest BCUT2D eigenvalue weighted by molar-refractivity contribution is 5.87. The van der Waals surface area contributed by atoms with E-state index in [0.29, 0.717) is 6.42 Å². The van der Waals surface area contributed by atoms with Crippen LogP contribution in [-0.4, -0.2) is 23.4 Å². The fourth-order valence-corrected chi connectivity index (χ4v) is 1.73. The predicted molar refractivity (Wildman–Crippen MR) is 49.8 cm³/mol. The van der Waals surface area contributed by atoms with Crippen molar-refractivity contribution in [1.29, 1.82) is 5.26 Å². The summed E-state index contributed by atoms with van der Waals surface area (Å²) in [6.07, 6.45) is 4.89. The van der Waals surface area contributed by atoms with Crippen LogP contribution in [0.2, 0.25) is 0 Å². The molecule has 0 spiro atoms. The molecule has 1 rings (SSSR count). The first-order valence-electron chi connectivity index (χ1n) is 4.59. The van der Waals surface area contributed by atoms with Crippen molar-refractivity contribution < 1.29 is 4.79 Å². The van der Waals surface area contributed by atoms with Crippen molar-refractivity contribution in [3.63, 3.8) is 0 Å². The maximum Gasteiger partial charge on any atom is 0.246 e. The number of carbonyl (C=O) groups is 1. The van der Waals surface area contributed by atoms with E-state index in [2.05, 4.69) is 12.6 Å². The minimum atomic E-state index is -0.0417. The average molecular weight is 178 g/mol. The first-order chi connectivity index (χ1) is 6.29. The Morgan fingerprint density at radius 3 is 3.08 bits per heavy atom. The van der Waals surface area contributed by atoms with Gasteiger partial charge in [0.05, 0.1) is 12.5 Å². The lowest BCUT2D eigenvalue weighted by Gasteiger charge is -2.33. The number of hydrogen-bond acceptors (Lipinski definition) is 2. The Labute approximate surface area is 78.6 Å². The molecule has 3 nitrogen and oxygen atoms in total. The minimum Gasteiger partial charge on any atom is -0.335 e. The number of piperidine rings is 1. The van der Waals surface area contributed by atoms with Crippen LogP contribution in [0.4, 0.5) is 0 Å². The second-order valence-electron chi connectivity index (χ2n) is 3.25. The summed E-state index contributed by atoms with van der Waals surface area (Å²) in [7, 11) is 0. The van der Waals surface area contributed by atoms with Gasteiger partial charge in [-0.2, -0.15) is 5.26 Å². The zero-order chi connectivity index (χ0) is 9.68. The summed E-state index contributed by atoms with van der Waals surface area (Å²) in [4.78, 5) is 13.1. The van der Waals surface area contributed by atoms with Gasteiger partial charge in [0, 0.05) is 12.6 Å². The SMILES string of the molecule is C=CC(=O)N1CCCCC1CC#N. The second-order valence-corrected chi connectivity index (χ2v) is 3.25. The highest BCUT2D eigenvalue weighted by Gasteiger charge is 2.24. The quantitative estimate of drug-likeness (QED) is 0.601. The van der Waals surface area contributed by atoms with E-state index < -0.39 is 0 Å². The van der Waals surface area contributed by atoms with Crippen LogP contribution < -0.4 is 0 Å². The molecule has 0 radical (unpaired) electrons. The van der Waals surface area contributed by atoms with Gasteiger partial charge in [-0.1, -0.05) is 6.58 Å². The van der Waals surface area contributed by atoms with Crippen LogP contribution in [-0.2, 0) is 4.79 Å². The maximum atomic E-state index is 11.4. The molecule has 0 aliphatic carbocycles. The Balaban J connectivity index is 2.62. The van der Waals surface area contributed by atoms with Gasteiger partial charge < -0.3 is 4.90 Å². The average Bonchev–Trinajstić information content (AvgIpc) is 2.18. The molecule has 0 saturated carbocycles. The summed E-state index contributed by atoms with van der Waals surface area (Å²) in [6.45, 7) is 4.23. The van der Waals surface area contributed by atoms with Crippen molar-refractivity contribution in [2.24, 2.45) is 0 Å². The number of nitrogens with zero attached hydrogens (tertiary/aromatic N) is 2. The lowest BCUT2D eigenvalue weighted by molar-refractivity contribution is -0.129. The lowest BCUT2D eigenvalue weighted by Crippen LogP contribution is -2.42. The van der Waals surface area contributed by atoms with Crippen LogP contribution in [0.1, 0.15) is 25.7 Å². The van der Waals surface area contributed by atoms with E-state index in [4.69, 9.17) is 5.26 Å². The number of nitriles is 1. The molecule has 13 heavy (non-hydrogen) atoms. The van der Waals surface area contributed by atoms with Crippen molar-refractivity contribution in [3.05, 3.63) is 12.7 Å². The maximum absolute atomic E-state index is 11.4. The number of hydrogen-bond donors (Lipinski definition) is 0. The zero-order valence-corrected chi connectivity index (χ0v) is 7.70. The largest absolute Gasteiger partial charge is 0.335 e. The second kappa shape index (κ2) is 4.66. The van der Waals surface area contributed by atoms with Crippen LogP contribution >= 0.6 is 0 Å². The molecule has 70 valence electrons. The molecule has 0 bridgehead atoms. The predicted octanol–water partition coefficient (Wildman–Crippen LogP) is 1.47. The normalized spacial score (nSPS) is 22.1. The Morgan fingerprint density at radius 1 is 1.69 bits per heavy atom. The van der Waals surface area contributed by atoms with Crippen molar-refractivity contribution >= 4 is 5.91 Å². The Bertz CT molecular complexity index is 242. The smallest absolute Gasteiger partial charge is 0.246 e. The van der Waals surface area contributed by atoms with E-state index in [1.165, 1.54) is 6.08 Å². The highest BCUT2D eigenvalue weighted by Crippen LogP contribution is 2.19. The highest BCUT2D eigenvalue weighted by atomic mass is 16.2. The van der Waals surface area contributed by atoms with E-state index in [9.17, 15) is 4.79 Å². The third-order valence-electron chi connectivity index (χ3n) is 2.41. The number of amides is 1. The van der Waals surface area contributed by atoms with Crippen LogP contribution in [0.3, 0.4) is 0 Å². The zero-order valence-electron chi connectivity index (χ0n) is 7.70. The molecule has 1 aliphatic rings. The van der Waals surface area contributed by atoms with Gasteiger partial charge in [0.2, 0.25) is 5.91 Å². The van der Waals surface area contributed by atoms with Gasteiger partial charge in [0.1, 0.15) is 0 Å². The van der Waals surface area contributed by atoms with Crippen LogP contribution in [0.15, 0.2) is 12.7 Å². The van der Waals surface area contributed by atoms with Crippen molar-refractivity contribution in [3.8, 4) is 6.07 Å². The Hall–Kier alpha value is -1.30. The molecular formula is C10H14N2O. The topological polar surface area (TPSA) is 44.1 Å². The molecule has 1 aliphatic heterocycles. The third-order valence-corrected chi connectivity index (χ3v) is 2.41. The first-order valence-corrected chi connectivity index (χ1v) is 4.59. The summed E-state index contributed by atoms with van der Waals surface area (Å²) in [5, 5.41) is 8.58. The molecule has 0 aromatic rings. The Kier molecular flexibility index (Phi) is 3.51. The summed E-state index contributed by atoms with van der Waals surface area (Å²) < 4.78 is 0. The number of carbonyl (C=O) groups excluding carboxylic acids is 1. The van der Waals surface area contributed by atoms with Crippen LogP contribution in [0, 0.1) is 11.3 Å². The molecule has 1 atom stereocenters. The van der Waals surface area contributed by atoms with Gasteiger partial charge in [0.25, 0.3) is 0 Å². The Morgan fingerprint density at radius 2 is 2.46 bits per heavy atom. The number of rotatable bonds is 2. The molecule has 1 fully saturated rings. The molecule has 0 aromatic heterocycles. The summed E-state index contributed by atoms with van der Waals surface area (Å²) >= 11 is 0.